The number of amides is 1. The summed E-state index contributed by atoms with van der Waals surface area (Å²) in [7, 11) is 0. The Morgan fingerprint density at radius 1 is 1.43 bits per heavy atom. The molecule has 0 aromatic rings. The number of hydrogen-bond donors (Lipinski definition) is 2. The summed E-state index contributed by atoms with van der Waals surface area (Å²) < 4.78 is 0. The van der Waals surface area contributed by atoms with Gasteiger partial charge in [0.05, 0.1) is 6.04 Å². The van der Waals surface area contributed by atoms with E-state index in [1.165, 1.54) is 12.8 Å². The summed E-state index contributed by atoms with van der Waals surface area (Å²) in [6.45, 7) is 9.01. The second kappa shape index (κ2) is 4.30. The van der Waals surface area contributed by atoms with Crippen LogP contribution in [0.5, 0.6) is 0 Å². The first-order chi connectivity index (χ1) is 6.49. The highest BCUT2D eigenvalue weighted by atomic mass is 16.2. The summed E-state index contributed by atoms with van der Waals surface area (Å²) in [4.78, 5) is 11.5. The molecule has 0 saturated heterocycles. The van der Waals surface area contributed by atoms with Gasteiger partial charge < -0.3 is 10.6 Å². The largest absolute Gasteiger partial charge is 0.355 e. The van der Waals surface area contributed by atoms with E-state index < -0.39 is 0 Å². The standard InChI is InChI=1S/C11H22N2O/c1-5-12-10(14)8(2)13-9(3)11(4)6-7-11/h8-9,13H,5-7H2,1-4H3,(H,12,14). The van der Waals surface area contributed by atoms with E-state index >= 15 is 0 Å². The van der Waals surface area contributed by atoms with Crippen molar-refractivity contribution >= 4 is 5.91 Å². The Morgan fingerprint density at radius 3 is 2.43 bits per heavy atom. The van der Waals surface area contributed by atoms with Gasteiger partial charge in [0.1, 0.15) is 0 Å². The Labute approximate surface area is 86.6 Å². The number of carbonyl (C=O) groups excluding carboxylic acids is 1. The van der Waals surface area contributed by atoms with Crippen molar-refractivity contribution in [3.8, 4) is 0 Å². The van der Waals surface area contributed by atoms with Crippen molar-refractivity contribution < 1.29 is 4.79 Å². The second-order valence-corrected chi connectivity index (χ2v) is 4.66. The van der Waals surface area contributed by atoms with Gasteiger partial charge in [0, 0.05) is 12.6 Å². The van der Waals surface area contributed by atoms with Gasteiger partial charge in [0.15, 0.2) is 0 Å². The third kappa shape index (κ3) is 2.71. The molecular weight excluding hydrogens is 176 g/mol. The monoisotopic (exact) mass is 198 g/mol. The molecule has 0 aromatic carbocycles. The number of carbonyl (C=O) groups is 1. The van der Waals surface area contributed by atoms with E-state index in [1.807, 2.05) is 13.8 Å². The van der Waals surface area contributed by atoms with Gasteiger partial charge >= 0.3 is 0 Å². The fourth-order valence-electron chi connectivity index (χ4n) is 1.61. The normalized spacial score (nSPS) is 22.6. The molecule has 2 N–H and O–H groups in total. The summed E-state index contributed by atoms with van der Waals surface area (Å²) in [5.41, 5.74) is 0.431. The van der Waals surface area contributed by atoms with Gasteiger partial charge in [-0.3, -0.25) is 4.79 Å². The molecule has 1 aliphatic rings. The predicted octanol–water partition coefficient (Wildman–Crippen LogP) is 1.29. The topological polar surface area (TPSA) is 41.1 Å². The molecule has 1 rings (SSSR count). The van der Waals surface area contributed by atoms with Crippen LogP contribution < -0.4 is 10.6 Å². The molecule has 2 atom stereocenters. The smallest absolute Gasteiger partial charge is 0.236 e. The zero-order valence-electron chi connectivity index (χ0n) is 9.68. The maximum Gasteiger partial charge on any atom is 0.236 e. The molecule has 0 heterocycles. The molecule has 14 heavy (non-hydrogen) atoms. The van der Waals surface area contributed by atoms with Crippen LogP contribution in [0, 0.1) is 5.41 Å². The molecule has 0 bridgehead atoms. The van der Waals surface area contributed by atoms with Gasteiger partial charge in [-0.1, -0.05) is 6.92 Å². The molecule has 0 radical (unpaired) electrons. The Hall–Kier alpha value is -0.570. The molecule has 3 heteroatoms. The van der Waals surface area contributed by atoms with Crippen LogP contribution in [0.3, 0.4) is 0 Å². The molecule has 2 unspecified atom stereocenters. The third-order valence-electron chi connectivity index (χ3n) is 3.33. The van der Waals surface area contributed by atoms with Crippen LogP contribution in [-0.2, 0) is 4.79 Å². The van der Waals surface area contributed by atoms with Crippen molar-refractivity contribution in [2.45, 2.75) is 52.6 Å². The van der Waals surface area contributed by atoms with E-state index in [2.05, 4.69) is 24.5 Å². The van der Waals surface area contributed by atoms with Crippen LogP contribution in [0.15, 0.2) is 0 Å². The average Bonchev–Trinajstić information content (AvgIpc) is 2.85. The number of hydrogen-bond acceptors (Lipinski definition) is 2. The van der Waals surface area contributed by atoms with Crippen LogP contribution >= 0.6 is 0 Å². The third-order valence-corrected chi connectivity index (χ3v) is 3.33. The van der Waals surface area contributed by atoms with Crippen molar-refractivity contribution in [1.29, 1.82) is 0 Å². The summed E-state index contributed by atoms with van der Waals surface area (Å²) in [5, 5.41) is 6.18. The minimum Gasteiger partial charge on any atom is -0.355 e. The second-order valence-electron chi connectivity index (χ2n) is 4.66. The molecule has 0 aliphatic heterocycles. The van der Waals surface area contributed by atoms with Crippen LogP contribution in [-0.4, -0.2) is 24.5 Å². The quantitative estimate of drug-likeness (QED) is 0.699. The molecule has 1 saturated carbocycles. The first kappa shape index (κ1) is 11.5. The van der Waals surface area contributed by atoms with Gasteiger partial charge in [0.2, 0.25) is 5.91 Å². The average molecular weight is 198 g/mol. The predicted molar refractivity (Wildman–Crippen MR) is 58.1 cm³/mol. The molecule has 1 aliphatic carbocycles. The van der Waals surface area contributed by atoms with Crippen molar-refractivity contribution in [3.05, 3.63) is 0 Å². The lowest BCUT2D eigenvalue weighted by molar-refractivity contribution is -0.122. The highest BCUT2D eigenvalue weighted by molar-refractivity contribution is 5.81. The lowest BCUT2D eigenvalue weighted by Gasteiger charge is -2.24. The summed E-state index contributed by atoms with van der Waals surface area (Å²) in [5.74, 6) is 0.101. The van der Waals surface area contributed by atoms with Crippen molar-refractivity contribution in [2.24, 2.45) is 5.41 Å². The lowest BCUT2D eigenvalue weighted by atomic mass is 10.00. The van der Waals surface area contributed by atoms with Gasteiger partial charge in [-0.15, -0.1) is 0 Å². The fourth-order valence-corrected chi connectivity index (χ4v) is 1.61. The number of nitrogens with one attached hydrogen (secondary N) is 2. The zero-order valence-corrected chi connectivity index (χ0v) is 9.68. The van der Waals surface area contributed by atoms with Gasteiger partial charge in [0.25, 0.3) is 0 Å². The van der Waals surface area contributed by atoms with Crippen LogP contribution in [0.25, 0.3) is 0 Å². The number of rotatable bonds is 5. The lowest BCUT2D eigenvalue weighted by Crippen LogP contribution is -2.48. The highest BCUT2D eigenvalue weighted by Gasteiger charge is 2.42. The molecule has 3 nitrogen and oxygen atoms in total. The SMILES string of the molecule is CCNC(=O)C(C)NC(C)C1(C)CC1. The Bertz CT molecular complexity index is 211. The first-order valence-electron chi connectivity index (χ1n) is 5.53. The maximum atomic E-state index is 11.5. The van der Waals surface area contributed by atoms with Gasteiger partial charge in [-0.05, 0) is 39.0 Å². The van der Waals surface area contributed by atoms with Crippen LogP contribution in [0.1, 0.15) is 40.5 Å². The van der Waals surface area contributed by atoms with Crippen LogP contribution in [0.4, 0.5) is 0 Å². The summed E-state index contributed by atoms with van der Waals surface area (Å²) in [6, 6.07) is 0.350. The molecule has 0 aromatic heterocycles. The Balaban J connectivity index is 2.32. The molecule has 1 amide bonds. The minimum atomic E-state index is -0.0811. The molecular formula is C11H22N2O. The van der Waals surface area contributed by atoms with E-state index in [1.54, 1.807) is 0 Å². The van der Waals surface area contributed by atoms with E-state index in [4.69, 9.17) is 0 Å². The van der Waals surface area contributed by atoms with E-state index in [9.17, 15) is 4.79 Å². The molecule has 0 spiro atoms. The van der Waals surface area contributed by atoms with E-state index in [-0.39, 0.29) is 11.9 Å². The summed E-state index contributed by atoms with van der Waals surface area (Å²) in [6.07, 6.45) is 2.56. The van der Waals surface area contributed by atoms with Crippen molar-refractivity contribution in [2.75, 3.05) is 6.54 Å². The Kier molecular flexibility index (Phi) is 3.53. The van der Waals surface area contributed by atoms with Gasteiger partial charge in [-0.2, -0.15) is 0 Å². The Morgan fingerprint density at radius 2 is 2.00 bits per heavy atom. The fraction of sp³-hybridized carbons (Fsp3) is 0.909. The van der Waals surface area contributed by atoms with E-state index in [0.29, 0.717) is 18.0 Å². The molecule has 82 valence electrons. The highest BCUT2D eigenvalue weighted by Crippen LogP contribution is 2.47. The molecule has 1 fully saturated rings. The van der Waals surface area contributed by atoms with Gasteiger partial charge in [-0.25, -0.2) is 0 Å². The van der Waals surface area contributed by atoms with Crippen LogP contribution in [0.2, 0.25) is 0 Å². The van der Waals surface area contributed by atoms with Crippen molar-refractivity contribution in [3.63, 3.8) is 0 Å². The minimum absolute atomic E-state index is 0.0811. The number of likely N-dealkylation sites (N-methyl/N-ethyl adjacent to an activating group) is 1. The van der Waals surface area contributed by atoms with Crippen molar-refractivity contribution in [1.82, 2.24) is 10.6 Å². The van der Waals surface area contributed by atoms with E-state index in [0.717, 1.165) is 0 Å². The zero-order chi connectivity index (χ0) is 10.8. The first-order valence-corrected chi connectivity index (χ1v) is 5.53. The maximum absolute atomic E-state index is 11.5. The summed E-state index contributed by atoms with van der Waals surface area (Å²) >= 11 is 0.